The maximum Gasteiger partial charge on any atom is 0.349 e. The molecule has 1 N–H and O–H groups in total. The van der Waals surface area contributed by atoms with Gasteiger partial charge in [0.05, 0.1) is 4.47 Å². The first kappa shape index (κ1) is 22.3. The smallest absolute Gasteiger partial charge is 0.349 e. The molecule has 0 aromatic heterocycles. The molecule has 5 nitrogen and oxygen atoms in total. The Morgan fingerprint density at radius 2 is 1.42 bits per heavy atom. The minimum absolute atomic E-state index is 0.244. The van der Waals surface area contributed by atoms with Crippen LogP contribution in [-0.2, 0) is 4.79 Å². The van der Waals surface area contributed by atoms with Crippen LogP contribution >= 0.6 is 15.9 Å². The summed E-state index contributed by atoms with van der Waals surface area (Å²) in [5.74, 6) is 0.0830. The number of ether oxygens (including phenoxy) is 2. The summed E-state index contributed by atoms with van der Waals surface area (Å²) >= 11 is 3.49. The average Bonchev–Trinajstić information content (AvgIpc) is 2.85. The van der Waals surface area contributed by atoms with Gasteiger partial charge in [-0.1, -0.05) is 54.6 Å². The SMILES string of the molecule is O=C(COc1ccc(-c2ccccc2)cc1Br)Oc1ccc(C(=O)Nc2ccccc2)cc1. The van der Waals surface area contributed by atoms with Crippen LogP contribution in [0.1, 0.15) is 10.4 Å². The summed E-state index contributed by atoms with van der Waals surface area (Å²) in [6.07, 6.45) is 0. The molecule has 4 aromatic rings. The van der Waals surface area contributed by atoms with Crippen molar-refractivity contribution < 1.29 is 19.1 Å². The molecule has 0 unspecified atom stereocenters. The largest absolute Gasteiger partial charge is 0.481 e. The predicted octanol–water partition coefficient (Wildman–Crippen LogP) is 6.35. The summed E-state index contributed by atoms with van der Waals surface area (Å²) in [6, 6.07) is 31.2. The van der Waals surface area contributed by atoms with Crippen LogP contribution in [0.4, 0.5) is 5.69 Å². The van der Waals surface area contributed by atoms with E-state index in [1.54, 1.807) is 30.3 Å². The molecule has 164 valence electrons. The highest BCUT2D eigenvalue weighted by atomic mass is 79.9. The number of para-hydroxylation sites is 1. The zero-order valence-electron chi connectivity index (χ0n) is 17.5. The van der Waals surface area contributed by atoms with Gasteiger partial charge in [0.15, 0.2) is 6.61 Å². The summed E-state index contributed by atoms with van der Waals surface area (Å²) in [6.45, 7) is -0.250. The molecule has 0 aliphatic rings. The van der Waals surface area contributed by atoms with E-state index >= 15 is 0 Å². The molecule has 0 aliphatic carbocycles. The highest BCUT2D eigenvalue weighted by Crippen LogP contribution is 2.30. The topological polar surface area (TPSA) is 64.6 Å². The fraction of sp³-hybridized carbons (Fsp3) is 0.0370. The first-order valence-electron chi connectivity index (χ1n) is 10.2. The predicted molar refractivity (Wildman–Crippen MR) is 132 cm³/mol. The second-order valence-electron chi connectivity index (χ2n) is 7.12. The van der Waals surface area contributed by atoms with Crippen molar-refractivity contribution in [2.75, 3.05) is 11.9 Å². The quantitative estimate of drug-likeness (QED) is 0.236. The van der Waals surface area contributed by atoms with Gasteiger partial charge in [0.1, 0.15) is 11.5 Å². The Morgan fingerprint density at radius 1 is 0.758 bits per heavy atom. The highest BCUT2D eigenvalue weighted by Gasteiger charge is 2.11. The molecule has 0 heterocycles. The number of hydrogen-bond donors (Lipinski definition) is 1. The van der Waals surface area contributed by atoms with Crippen LogP contribution in [0.5, 0.6) is 11.5 Å². The third-order valence-electron chi connectivity index (χ3n) is 4.76. The molecule has 0 bridgehead atoms. The van der Waals surface area contributed by atoms with Gasteiger partial charge in [0.2, 0.25) is 0 Å². The van der Waals surface area contributed by atoms with Crippen molar-refractivity contribution in [2.45, 2.75) is 0 Å². The van der Waals surface area contributed by atoms with E-state index < -0.39 is 5.97 Å². The highest BCUT2D eigenvalue weighted by molar-refractivity contribution is 9.10. The van der Waals surface area contributed by atoms with Crippen LogP contribution in [0.25, 0.3) is 11.1 Å². The van der Waals surface area contributed by atoms with Gasteiger partial charge in [-0.05, 0) is 75.6 Å². The molecular formula is C27H20BrNO4. The van der Waals surface area contributed by atoms with Crippen molar-refractivity contribution >= 4 is 33.5 Å². The number of anilines is 1. The van der Waals surface area contributed by atoms with Crippen molar-refractivity contribution in [3.8, 4) is 22.6 Å². The van der Waals surface area contributed by atoms with Gasteiger partial charge >= 0.3 is 5.97 Å². The molecule has 0 atom stereocenters. The van der Waals surface area contributed by atoms with Gasteiger partial charge in [-0.15, -0.1) is 0 Å². The van der Waals surface area contributed by atoms with Crippen LogP contribution in [0, 0.1) is 0 Å². The summed E-state index contributed by atoms with van der Waals surface area (Å²) in [5, 5.41) is 2.81. The number of amides is 1. The lowest BCUT2D eigenvalue weighted by atomic mass is 10.1. The van der Waals surface area contributed by atoms with Gasteiger partial charge in [-0.25, -0.2) is 4.79 Å². The number of halogens is 1. The van der Waals surface area contributed by atoms with Gasteiger partial charge in [0, 0.05) is 11.3 Å². The van der Waals surface area contributed by atoms with Crippen LogP contribution in [0.15, 0.2) is 108 Å². The van der Waals surface area contributed by atoms with Crippen LogP contribution in [0.3, 0.4) is 0 Å². The van der Waals surface area contributed by atoms with E-state index in [1.165, 1.54) is 0 Å². The minimum Gasteiger partial charge on any atom is -0.481 e. The molecule has 0 saturated carbocycles. The molecule has 0 fully saturated rings. The lowest BCUT2D eigenvalue weighted by Crippen LogP contribution is -2.18. The molecule has 0 saturated heterocycles. The normalized spacial score (nSPS) is 10.3. The lowest BCUT2D eigenvalue weighted by molar-refractivity contribution is -0.136. The zero-order chi connectivity index (χ0) is 23.0. The van der Waals surface area contributed by atoms with E-state index in [4.69, 9.17) is 9.47 Å². The Hall–Kier alpha value is -3.90. The standard InChI is InChI=1S/C27H20BrNO4/c28-24-17-21(19-7-3-1-4-8-19)13-16-25(24)32-18-26(30)33-23-14-11-20(12-15-23)27(31)29-22-9-5-2-6-10-22/h1-17H,18H2,(H,29,31). The third kappa shape index (κ3) is 6.08. The molecule has 1 amide bonds. The van der Waals surface area contributed by atoms with E-state index in [1.807, 2.05) is 72.8 Å². The molecule has 6 heteroatoms. The van der Waals surface area contributed by atoms with Crippen molar-refractivity contribution in [1.29, 1.82) is 0 Å². The van der Waals surface area contributed by atoms with Crippen molar-refractivity contribution in [3.05, 3.63) is 113 Å². The van der Waals surface area contributed by atoms with Gasteiger partial charge in [-0.2, -0.15) is 0 Å². The Kier molecular flexibility index (Phi) is 7.17. The van der Waals surface area contributed by atoms with Crippen LogP contribution in [-0.4, -0.2) is 18.5 Å². The van der Waals surface area contributed by atoms with Crippen LogP contribution in [0.2, 0.25) is 0 Å². The monoisotopic (exact) mass is 501 g/mol. The number of carbonyl (C=O) groups excluding carboxylic acids is 2. The molecule has 0 aliphatic heterocycles. The van der Waals surface area contributed by atoms with Gasteiger partial charge in [0.25, 0.3) is 5.91 Å². The number of carbonyl (C=O) groups is 2. The second-order valence-corrected chi connectivity index (χ2v) is 7.97. The Bertz CT molecular complexity index is 1240. The van der Waals surface area contributed by atoms with E-state index in [-0.39, 0.29) is 12.5 Å². The number of esters is 1. The first-order valence-corrected chi connectivity index (χ1v) is 11.0. The fourth-order valence-electron chi connectivity index (χ4n) is 3.12. The first-order chi connectivity index (χ1) is 16.1. The number of hydrogen-bond acceptors (Lipinski definition) is 4. The van der Waals surface area contributed by atoms with E-state index in [0.29, 0.717) is 22.7 Å². The maximum atomic E-state index is 12.3. The Morgan fingerprint density at radius 3 is 2.09 bits per heavy atom. The summed E-state index contributed by atoms with van der Waals surface area (Å²) in [5.41, 5.74) is 3.29. The Labute approximate surface area is 200 Å². The van der Waals surface area contributed by atoms with Crippen LogP contribution < -0.4 is 14.8 Å². The molecular weight excluding hydrogens is 482 g/mol. The summed E-state index contributed by atoms with van der Waals surface area (Å²) in [7, 11) is 0. The molecule has 0 radical (unpaired) electrons. The van der Waals surface area contributed by atoms with Crippen molar-refractivity contribution in [1.82, 2.24) is 0 Å². The third-order valence-corrected chi connectivity index (χ3v) is 5.38. The lowest BCUT2D eigenvalue weighted by Gasteiger charge is -2.10. The molecule has 0 spiro atoms. The maximum absolute atomic E-state index is 12.3. The number of benzene rings is 4. The van der Waals surface area contributed by atoms with Gasteiger partial charge in [-0.3, -0.25) is 4.79 Å². The summed E-state index contributed by atoms with van der Waals surface area (Å²) in [4.78, 5) is 24.5. The minimum atomic E-state index is -0.546. The number of nitrogens with one attached hydrogen (secondary N) is 1. The zero-order valence-corrected chi connectivity index (χ0v) is 19.1. The molecule has 4 rings (SSSR count). The van der Waals surface area contributed by atoms with E-state index in [9.17, 15) is 9.59 Å². The average molecular weight is 502 g/mol. The van der Waals surface area contributed by atoms with E-state index in [2.05, 4.69) is 21.2 Å². The van der Waals surface area contributed by atoms with Crippen molar-refractivity contribution in [2.24, 2.45) is 0 Å². The Balaban J connectivity index is 1.30. The van der Waals surface area contributed by atoms with Crippen molar-refractivity contribution in [3.63, 3.8) is 0 Å². The van der Waals surface area contributed by atoms with Gasteiger partial charge < -0.3 is 14.8 Å². The molecule has 33 heavy (non-hydrogen) atoms. The molecule has 4 aromatic carbocycles. The van der Waals surface area contributed by atoms with E-state index in [0.717, 1.165) is 15.6 Å². The summed E-state index contributed by atoms with van der Waals surface area (Å²) < 4.78 is 11.7. The number of rotatable bonds is 7. The second kappa shape index (κ2) is 10.6. The fourth-order valence-corrected chi connectivity index (χ4v) is 3.62.